The molecule has 0 aliphatic heterocycles. The summed E-state index contributed by atoms with van der Waals surface area (Å²) in [5, 5.41) is 3.75. The molecule has 8 nitrogen and oxygen atoms in total. The van der Waals surface area contributed by atoms with Gasteiger partial charge in [-0.05, 0) is 6.92 Å². The van der Waals surface area contributed by atoms with Gasteiger partial charge in [0, 0.05) is 20.3 Å². The maximum absolute atomic E-state index is 12.1. The van der Waals surface area contributed by atoms with Crippen LogP contribution in [0.3, 0.4) is 0 Å². The van der Waals surface area contributed by atoms with Crippen LogP contribution >= 0.6 is 0 Å². The van der Waals surface area contributed by atoms with Gasteiger partial charge in [-0.1, -0.05) is 0 Å². The van der Waals surface area contributed by atoms with Crippen molar-refractivity contribution in [2.24, 2.45) is 7.05 Å². The average Bonchev–Trinajstić information content (AvgIpc) is 2.58. The highest BCUT2D eigenvalue weighted by atomic mass is 32.2. The van der Waals surface area contributed by atoms with Crippen molar-refractivity contribution >= 4 is 21.8 Å². The highest BCUT2D eigenvalue weighted by molar-refractivity contribution is 7.89. The van der Waals surface area contributed by atoms with Crippen LogP contribution in [0.4, 0.5) is 5.82 Å². The fraction of sp³-hybridized carbons (Fsp3) is 0.556. The number of nitrogens with two attached hydrogens (primary N) is 1. The first-order valence-corrected chi connectivity index (χ1v) is 6.64. The van der Waals surface area contributed by atoms with E-state index in [9.17, 15) is 13.2 Å². The second kappa shape index (κ2) is 5.36. The van der Waals surface area contributed by atoms with Crippen molar-refractivity contribution in [1.82, 2.24) is 14.1 Å². The molecule has 1 aromatic rings. The molecule has 102 valence electrons. The van der Waals surface area contributed by atoms with Crippen LogP contribution in [0.2, 0.25) is 0 Å². The molecule has 0 unspecified atom stereocenters. The van der Waals surface area contributed by atoms with Crippen LogP contribution in [-0.4, -0.2) is 48.7 Å². The molecule has 0 radical (unpaired) electrons. The second-order valence-electron chi connectivity index (χ2n) is 3.62. The number of carbonyl (C=O) groups is 1. The van der Waals surface area contributed by atoms with Crippen molar-refractivity contribution in [3.8, 4) is 0 Å². The number of nitrogen functional groups attached to an aromatic ring is 1. The van der Waals surface area contributed by atoms with Crippen molar-refractivity contribution in [1.29, 1.82) is 0 Å². The SMILES string of the molecule is CCOC(=O)CN(C)S(=O)(=O)c1cn(C)nc1N. The highest BCUT2D eigenvalue weighted by Crippen LogP contribution is 2.19. The zero-order chi connectivity index (χ0) is 13.9. The quantitative estimate of drug-likeness (QED) is 0.704. The van der Waals surface area contributed by atoms with Gasteiger partial charge in [0.2, 0.25) is 10.0 Å². The Balaban J connectivity index is 2.93. The van der Waals surface area contributed by atoms with Gasteiger partial charge in [0.25, 0.3) is 0 Å². The van der Waals surface area contributed by atoms with E-state index in [0.29, 0.717) is 0 Å². The molecule has 0 saturated heterocycles. The predicted octanol–water partition coefficient (Wildman–Crippen LogP) is -0.814. The summed E-state index contributed by atoms with van der Waals surface area (Å²) in [6, 6.07) is 0. The number of sulfonamides is 1. The number of esters is 1. The minimum Gasteiger partial charge on any atom is -0.465 e. The molecule has 0 spiro atoms. The third-order valence-corrected chi connectivity index (χ3v) is 3.99. The molecule has 0 fully saturated rings. The molecule has 0 saturated carbocycles. The van der Waals surface area contributed by atoms with Crippen LogP contribution in [0.1, 0.15) is 6.92 Å². The van der Waals surface area contributed by atoms with E-state index in [4.69, 9.17) is 5.73 Å². The fourth-order valence-corrected chi connectivity index (χ4v) is 2.53. The Labute approximate surface area is 105 Å². The summed E-state index contributed by atoms with van der Waals surface area (Å²) in [4.78, 5) is 11.1. The summed E-state index contributed by atoms with van der Waals surface area (Å²) in [5.41, 5.74) is 5.50. The standard InChI is InChI=1S/C9H16N4O4S/c1-4-17-8(14)6-13(3)18(15,16)7-5-12(2)11-9(7)10/h5H,4,6H2,1-3H3,(H2,10,11). The van der Waals surface area contributed by atoms with Gasteiger partial charge in [-0.15, -0.1) is 0 Å². The Morgan fingerprint density at radius 2 is 2.22 bits per heavy atom. The number of anilines is 1. The smallest absolute Gasteiger partial charge is 0.321 e. The van der Waals surface area contributed by atoms with E-state index in [-0.39, 0.29) is 23.9 Å². The van der Waals surface area contributed by atoms with Crippen molar-refractivity contribution < 1.29 is 17.9 Å². The maximum Gasteiger partial charge on any atom is 0.321 e. The Kier molecular flexibility index (Phi) is 4.30. The van der Waals surface area contributed by atoms with E-state index >= 15 is 0 Å². The Bertz CT molecular complexity index is 537. The molecular formula is C9H16N4O4S. The number of aromatic nitrogens is 2. The van der Waals surface area contributed by atoms with Crippen LogP contribution in [0, 0.1) is 0 Å². The molecule has 1 heterocycles. The molecule has 1 aromatic heterocycles. The summed E-state index contributed by atoms with van der Waals surface area (Å²) >= 11 is 0. The maximum atomic E-state index is 12.1. The Morgan fingerprint density at radius 1 is 1.61 bits per heavy atom. The summed E-state index contributed by atoms with van der Waals surface area (Å²) < 4.78 is 31.0. The normalized spacial score (nSPS) is 11.8. The van der Waals surface area contributed by atoms with Crippen LogP contribution in [0.15, 0.2) is 11.1 Å². The van der Waals surface area contributed by atoms with E-state index in [1.807, 2.05) is 0 Å². The summed E-state index contributed by atoms with van der Waals surface area (Å²) in [5.74, 6) is -0.723. The summed E-state index contributed by atoms with van der Waals surface area (Å²) in [7, 11) is -1.01. The largest absolute Gasteiger partial charge is 0.465 e. The van der Waals surface area contributed by atoms with Crippen LogP contribution in [0.25, 0.3) is 0 Å². The van der Waals surface area contributed by atoms with E-state index in [1.54, 1.807) is 14.0 Å². The minimum atomic E-state index is -3.84. The number of hydrogen-bond acceptors (Lipinski definition) is 6. The zero-order valence-electron chi connectivity index (χ0n) is 10.5. The first kappa shape index (κ1) is 14.5. The lowest BCUT2D eigenvalue weighted by Crippen LogP contribution is -2.33. The molecule has 2 N–H and O–H groups in total. The molecule has 1 rings (SSSR count). The lowest BCUT2D eigenvalue weighted by atomic mass is 10.6. The van der Waals surface area contributed by atoms with E-state index in [0.717, 1.165) is 4.31 Å². The van der Waals surface area contributed by atoms with Gasteiger partial charge in [-0.2, -0.15) is 9.40 Å². The van der Waals surface area contributed by atoms with Crippen LogP contribution in [0.5, 0.6) is 0 Å². The fourth-order valence-electron chi connectivity index (χ4n) is 1.32. The molecule has 0 atom stereocenters. The topological polar surface area (TPSA) is 108 Å². The van der Waals surface area contributed by atoms with Crippen molar-refractivity contribution in [2.45, 2.75) is 11.8 Å². The van der Waals surface area contributed by atoms with Crippen molar-refractivity contribution in [3.05, 3.63) is 6.20 Å². The van der Waals surface area contributed by atoms with E-state index in [2.05, 4.69) is 9.84 Å². The van der Waals surface area contributed by atoms with Gasteiger partial charge in [0.15, 0.2) is 5.82 Å². The van der Waals surface area contributed by atoms with Crippen LogP contribution < -0.4 is 5.73 Å². The highest BCUT2D eigenvalue weighted by Gasteiger charge is 2.27. The van der Waals surface area contributed by atoms with E-state index in [1.165, 1.54) is 17.9 Å². The third-order valence-electron chi connectivity index (χ3n) is 2.17. The van der Waals surface area contributed by atoms with Gasteiger partial charge in [0.05, 0.1) is 6.61 Å². The number of hydrogen-bond donors (Lipinski definition) is 1. The van der Waals surface area contributed by atoms with Crippen molar-refractivity contribution in [3.63, 3.8) is 0 Å². The predicted molar refractivity (Wildman–Crippen MR) is 64.1 cm³/mol. The third kappa shape index (κ3) is 2.99. The lowest BCUT2D eigenvalue weighted by Gasteiger charge is -2.15. The molecule has 0 aliphatic carbocycles. The van der Waals surface area contributed by atoms with Gasteiger partial charge in [-0.25, -0.2) is 8.42 Å². The molecule has 0 aliphatic rings. The van der Waals surface area contributed by atoms with Gasteiger partial charge >= 0.3 is 5.97 Å². The first-order chi connectivity index (χ1) is 8.28. The zero-order valence-corrected chi connectivity index (χ0v) is 11.3. The molecule has 9 heteroatoms. The number of nitrogens with zero attached hydrogens (tertiary/aromatic N) is 3. The van der Waals surface area contributed by atoms with Crippen molar-refractivity contribution in [2.75, 3.05) is 25.9 Å². The van der Waals surface area contributed by atoms with Gasteiger partial charge in [0.1, 0.15) is 11.4 Å². The average molecular weight is 276 g/mol. The first-order valence-electron chi connectivity index (χ1n) is 5.20. The Morgan fingerprint density at radius 3 is 2.67 bits per heavy atom. The van der Waals surface area contributed by atoms with E-state index < -0.39 is 16.0 Å². The number of ether oxygens (including phenoxy) is 1. The molecule has 0 aromatic carbocycles. The Hall–Kier alpha value is -1.61. The summed E-state index contributed by atoms with van der Waals surface area (Å²) in [6.07, 6.45) is 1.28. The molecule has 0 bridgehead atoms. The lowest BCUT2D eigenvalue weighted by molar-refractivity contribution is -0.143. The minimum absolute atomic E-state index is 0.104. The van der Waals surface area contributed by atoms with Gasteiger partial charge < -0.3 is 10.5 Å². The van der Waals surface area contributed by atoms with Crippen LogP contribution in [-0.2, 0) is 26.6 Å². The number of rotatable bonds is 5. The summed E-state index contributed by atoms with van der Waals surface area (Å²) in [6.45, 7) is 1.47. The number of aryl methyl sites for hydroxylation is 1. The number of likely N-dealkylation sites (N-methyl/N-ethyl adjacent to an activating group) is 1. The second-order valence-corrected chi connectivity index (χ2v) is 5.63. The molecule has 0 amide bonds. The monoisotopic (exact) mass is 276 g/mol. The number of carbonyl (C=O) groups excluding carboxylic acids is 1. The van der Waals surface area contributed by atoms with Gasteiger partial charge in [-0.3, -0.25) is 9.48 Å². The molecular weight excluding hydrogens is 260 g/mol. The molecule has 18 heavy (non-hydrogen) atoms.